The largest absolute Gasteiger partial charge is 0.482 e. The number of benzene rings is 1. The summed E-state index contributed by atoms with van der Waals surface area (Å²) >= 11 is 3.05. The molecule has 1 amide bonds. The number of nitrogens with zero attached hydrogens (tertiary/aromatic N) is 1. The first-order chi connectivity index (χ1) is 6.59. The van der Waals surface area contributed by atoms with Crippen molar-refractivity contribution in [3.05, 3.63) is 22.4 Å². The molecule has 0 saturated heterocycles. The van der Waals surface area contributed by atoms with Gasteiger partial charge in [0.1, 0.15) is 11.6 Å². The second-order valence-electron chi connectivity index (χ2n) is 2.98. The lowest BCUT2D eigenvalue weighted by Crippen LogP contribution is -2.35. The first-order valence-corrected chi connectivity index (χ1v) is 4.77. The highest BCUT2D eigenvalue weighted by Crippen LogP contribution is 2.35. The molecule has 2 rings (SSSR count). The standard InChI is InChI=1S/C9H7BrFNO2/c1-12-7-3-6(11)5(10)2-8(7)14-4-9(12)13/h2-3H,4H2,1H3. The fraction of sp³-hybridized carbons (Fsp3) is 0.222. The molecule has 0 aliphatic carbocycles. The van der Waals surface area contributed by atoms with Gasteiger partial charge in [-0.1, -0.05) is 0 Å². The molecule has 0 atom stereocenters. The van der Waals surface area contributed by atoms with E-state index in [1.807, 2.05) is 0 Å². The van der Waals surface area contributed by atoms with Gasteiger partial charge in [-0.25, -0.2) is 4.39 Å². The number of halogens is 2. The monoisotopic (exact) mass is 259 g/mol. The maximum absolute atomic E-state index is 13.2. The molecule has 74 valence electrons. The summed E-state index contributed by atoms with van der Waals surface area (Å²) in [5, 5.41) is 0. The van der Waals surface area contributed by atoms with Crippen LogP contribution in [0.1, 0.15) is 0 Å². The van der Waals surface area contributed by atoms with E-state index in [9.17, 15) is 9.18 Å². The van der Waals surface area contributed by atoms with Gasteiger partial charge < -0.3 is 9.64 Å². The zero-order valence-corrected chi connectivity index (χ0v) is 8.97. The summed E-state index contributed by atoms with van der Waals surface area (Å²) in [4.78, 5) is 12.6. The van der Waals surface area contributed by atoms with Crippen molar-refractivity contribution in [2.75, 3.05) is 18.6 Å². The van der Waals surface area contributed by atoms with Gasteiger partial charge in [0, 0.05) is 13.1 Å². The topological polar surface area (TPSA) is 29.5 Å². The van der Waals surface area contributed by atoms with Gasteiger partial charge in [0.2, 0.25) is 0 Å². The van der Waals surface area contributed by atoms with Crippen molar-refractivity contribution in [1.82, 2.24) is 0 Å². The quantitative estimate of drug-likeness (QED) is 0.713. The van der Waals surface area contributed by atoms with Crippen LogP contribution in [-0.4, -0.2) is 19.6 Å². The fourth-order valence-electron chi connectivity index (χ4n) is 1.27. The van der Waals surface area contributed by atoms with Crippen LogP contribution in [0.3, 0.4) is 0 Å². The van der Waals surface area contributed by atoms with Crippen LogP contribution in [0.2, 0.25) is 0 Å². The Morgan fingerprint density at radius 2 is 2.29 bits per heavy atom. The maximum Gasteiger partial charge on any atom is 0.264 e. The van der Waals surface area contributed by atoms with E-state index >= 15 is 0 Å². The van der Waals surface area contributed by atoms with Gasteiger partial charge in [-0.15, -0.1) is 0 Å². The molecule has 1 aromatic carbocycles. The Morgan fingerprint density at radius 3 is 3.00 bits per heavy atom. The summed E-state index contributed by atoms with van der Waals surface area (Å²) in [5.41, 5.74) is 0.460. The van der Waals surface area contributed by atoms with E-state index in [1.54, 1.807) is 7.05 Å². The normalized spacial score (nSPS) is 15.1. The zero-order chi connectivity index (χ0) is 10.3. The van der Waals surface area contributed by atoms with Crippen LogP contribution in [0.4, 0.5) is 10.1 Å². The number of hydrogen-bond acceptors (Lipinski definition) is 2. The van der Waals surface area contributed by atoms with Crippen molar-refractivity contribution in [2.24, 2.45) is 0 Å². The second kappa shape index (κ2) is 3.24. The third-order valence-corrected chi connectivity index (χ3v) is 2.70. The minimum Gasteiger partial charge on any atom is -0.482 e. The third-order valence-electron chi connectivity index (χ3n) is 2.09. The molecule has 0 fully saturated rings. The Balaban J connectivity index is 2.55. The van der Waals surface area contributed by atoms with E-state index in [-0.39, 0.29) is 12.5 Å². The molecule has 0 N–H and O–H groups in total. The van der Waals surface area contributed by atoms with E-state index in [0.717, 1.165) is 0 Å². The minimum atomic E-state index is -0.408. The molecule has 0 saturated carbocycles. The summed E-state index contributed by atoms with van der Waals surface area (Å²) in [5.74, 6) is -0.0755. The highest BCUT2D eigenvalue weighted by molar-refractivity contribution is 9.10. The van der Waals surface area contributed by atoms with E-state index in [4.69, 9.17) is 4.74 Å². The smallest absolute Gasteiger partial charge is 0.264 e. The number of carbonyl (C=O) groups excluding carboxylic acids is 1. The Bertz CT molecular complexity index is 408. The van der Waals surface area contributed by atoms with Crippen LogP contribution in [0.15, 0.2) is 16.6 Å². The number of fused-ring (bicyclic) bond motifs is 1. The molecular formula is C9H7BrFNO2. The van der Waals surface area contributed by atoms with Crippen molar-refractivity contribution < 1.29 is 13.9 Å². The van der Waals surface area contributed by atoms with Gasteiger partial charge in [-0.3, -0.25) is 4.79 Å². The van der Waals surface area contributed by atoms with Crippen LogP contribution >= 0.6 is 15.9 Å². The van der Waals surface area contributed by atoms with Gasteiger partial charge in [-0.2, -0.15) is 0 Å². The van der Waals surface area contributed by atoms with Gasteiger partial charge in [-0.05, 0) is 22.0 Å². The highest BCUT2D eigenvalue weighted by atomic mass is 79.9. The Morgan fingerprint density at radius 1 is 1.57 bits per heavy atom. The highest BCUT2D eigenvalue weighted by Gasteiger charge is 2.23. The van der Waals surface area contributed by atoms with Crippen molar-refractivity contribution in [2.45, 2.75) is 0 Å². The summed E-state index contributed by atoms with van der Waals surface area (Å²) < 4.78 is 18.7. The molecular weight excluding hydrogens is 253 g/mol. The molecule has 0 radical (unpaired) electrons. The van der Waals surface area contributed by atoms with Gasteiger partial charge in [0.15, 0.2) is 6.61 Å². The van der Waals surface area contributed by atoms with Gasteiger partial charge >= 0.3 is 0 Å². The predicted molar refractivity (Wildman–Crippen MR) is 53.0 cm³/mol. The Kier molecular flexibility index (Phi) is 2.19. The molecule has 0 spiro atoms. The minimum absolute atomic E-state index is 0.00156. The van der Waals surface area contributed by atoms with E-state index in [1.165, 1.54) is 17.0 Å². The van der Waals surface area contributed by atoms with Crippen LogP contribution in [0.5, 0.6) is 5.75 Å². The Labute approximate surface area is 88.6 Å². The molecule has 0 unspecified atom stereocenters. The van der Waals surface area contributed by atoms with Crippen molar-refractivity contribution in [3.63, 3.8) is 0 Å². The third kappa shape index (κ3) is 1.37. The lowest BCUT2D eigenvalue weighted by atomic mass is 10.2. The fourth-order valence-corrected chi connectivity index (χ4v) is 1.59. The molecule has 0 aromatic heterocycles. The van der Waals surface area contributed by atoms with Gasteiger partial charge in [0.25, 0.3) is 5.91 Å². The van der Waals surface area contributed by atoms with Crippen molar-refractivity contribution in [3.8, 4) is 5.75 Å². The number of hydrogen-bond donors (Lipinski definition) is 0. The molecule has 14 heavy (non-hydrogen) atoms. The molecule has 1 aromatic rings. The molecule has 5 heteroatoms. The predicted octanol–water partition coefficient (Wildman–Crippen LogP) is 1.94. The van der Waals surface area contributed by atoms with E-state index in [0.29, 0.717) is 15.9 Å². The number of anilines is 1. The number of likely N-dealkylation sites (N-methyl/N-ethyl adjacent to an activating group) is 1. The molecule has 0 bridgehead atoms. The SMILES string of the molecule is CN1C(=O)COc2cc(Br)c(F)cc21. The van der Waals surface area contributed by atoms with E-state index in [2.05, 4.69) is 15.9 Å². The average molecular weight is 260 g/mol. The van der Waals surface area contributed by atoms with Gasteiger partial charge in [0.05, 0.1) is 10.2 Å². The van der Waals surface area contributed by atoms with Crippen LogP contribution in [0.25, 0.3) is 0 Å². The second-order valence-corrected chi connectivity index (χ2v) is 3.83. The molecule has 1 aliphatic heterocycles. The van der Waals surface area contributed by atoms with Crippen molar-refractivity contribution in [1.29, 1.82) is 0 Å². The first-order valence-electron chi connectivity index (χ1n) is 3.98. The van der Waals surface area contributed by atoms with Crippen molar-refractivity contribution >= 4 is 27.5 Å². The van der Waals surface area contributed by atoms with Crippen LogP contribution in [-0.2, 0) is 4.79 Å². The number of rotatable bonds is 0. The number of amides is 1. The summed E-state index contributed by atoms with van der Waals surface area (Å²) in [6.07, 6.45) is 0. The summed E-state index contributed by atoms with van der Waals surface area (Å²) in [6.45, 7) is 0.00156. The molecule has 1 heterocycles. The van der Waals surface area contributed by atoms with E-state index < -0.39 is 5.82 Å². The summed E-state index contributed by atoms with van der Waals surface area (Å²) in [6, 6.07) is 2.80. The first kappa shape index (κ1) is 9.45. The Hall–Kier alpha value is -1.10. The average Bonchev–Trinajstić information content (AvgIpc) is 2.15. The lowest BCUT2D eigenvalue weighted by molar-refractivity contribution is -0.120. The molecule has 1 aliphatic rings. The zero-order valence-electron chi connectivity index (χ0n) is 7.38. The molecule has 3 nitrogen and oxygen atoms in total. The summed E-state index contributed by atoms with van der Waals surface area (Å²) in [7, 11) is 1.59. The van der Waals surface area contributed by atoms with Crippen LogP contribution < -0.4 is 9.64 Å². The maximum atomic E-state index is 13.2. The number of ether oxygens (including phenoxy) is 1. The van der Waals surface area contributed by atoms with Crippen LogP contribution in [0, 0.1) is 5.82 Å². The number of carbonyl (C=O) groups is 1. The lowest BCUT2D eigenvalue weighted by Gasteiger charge is -2.25.